The van der Waals surface area contributed by atoms with Gasteiger partial charge in [-0.2, -0.15) is 0 Å². The summed E-state index contributed by atoms with van der Waals surface area (Å²) in [5, 5.41) is 2.76. The first kappa shape index (κ1) is 15.8. The van der Waals surface area contributed by atoms with Gasteiger partial charge in [0.25, 0.3) is 0 Å². The summed E-state index contributed by atoms with van der Waals surface area (Å²) >= 11 is 0. The predicted octanol–water partition coefficient (Wildman–Crippen LogP) is 1.29. The minimum atomic E-state index is -0.0897. The average Bonchev–Trinajstić information content (AvgIpc) is 2.96. The number of ether oxygens (including phenoxy) is 1. The van der Waals surface area contributed by atoms with Crippen molar-refractivity contribution in [3.05, 3.63) is 29.8 Å². The van der Waals surface area contributed by atoms with Crippen LogP contribution in [0.3, 0.4) is 0 Å². The molecule has 3 N–H and O–H groups in total. The molecule has 1 heterocycles. The molecule has 1 saturated heterocycles. The van der Waals surface area contributed by atoms with Crippen LogP contribution in [0.2, 0.25) is 0 Å². The number of nitrogens with two attached hydrogens (primary N) is 1. The number of likely N-dealkylation sites (tertiary alicyclic amines) is 1. The Bertz CT molecular complexity index is 473. The van der Waals surface area contributed by atoms with Crippen LogP contribution in [0.4, 0.5) is 0 Å². The topological polar surface area (TPSA) is 67.6 Å². The van der Waals surface area contributed by atoms with Gasteiger partial charge in [0.1, 0.15) is 5.75 Å². The van der Waals surface area contributed by atoms with Crippen LogP contribution in [0.1, 0.15) is 31.4 Å². The van der Waals surface area contributed by atoms with Gasteiger partial charge < -0.3 is 15.8 Å². The standard InChI is InChI=1S/C16H25N3O2/c1-11(17)15(12-6-8-13(21-3)9-7-12)19-10-4-5-14(19)16(20)18-2/h6-9,11,14-15H,4-5,10,17H2,1-3H3,(H,18,20). The first-order valence-electron chi connectivity index (χ1n) is 7.45. The molecule has 3 unspecified atom stereocenters. The van der Waals surface area contributed by atoms with Gasteiger partial charge in [-0.25, -0.2) is 0 Å². The quantitative estimate of drug-likeness (QED) is 0.858. The van der Waals surface area contributed by atoms with Gasteiger partial charge in [-0.1, -0.05) is 12.1 Å². The molecule has 3 atom stereocenters. The molecule has 21 heavy (non-hydrogen) atoms. The molecule has 0 aliphatic carbocycles. The van der Waals surface area contributed by atoms with Crippen molar-refractivity contribution in [3.63, 3.8) is 0 Å². The smallest absolute Gasteiger partial charge is 0.237 e. The van der Waals surface area contributed by atoms with Crippen molar-refractivity contribution in [2.75, 3.05) is 20.7 Å². The molecule has 5 heteroatoms. The largest absolute Gasteiger partial charge is 0.497 e. The Labute approximate surface area is 126 Å². The number of hydrogen-bond acceptors (Lipinski definition) is 4. The number of carbonyl (C=O) groups is 1. The molecule has 5 nitrogen and oxygen atoms in total. The monoisotopic (exact) mass is 291 g/mol. The molecule has 1 fully saturated rings. The zero-order valence-electron chi connectivity index (χ0n) is 13.0. The van der Waals surface area contributed by atoms with E-state index < -0.39 is 0 Å². The summed E-state index contributed by atoms with van der Waals surface area (Å²) in [7, 11) is 3.34. The molecule has 116 valence electrons. The van der Waals surface area contributed by atoms with Gasteiger partial charge in [-0.05, 0) is 44.0 Å². The molecular formula is C16H25N3O2. The van der Waals surface area contributed by atoms with E-state index in [1.165, 1.54) is 0 Å². The maximum atomic E-state index is 12.1. The lowest BCUT2D eigenvalue weighted by Gasteiger charge is -2.35. The summed E-state index contributed by atoms with van der Waals surface area (Å²) in [6.45, 7) is 2.89. The van der Waals surface area contributed by atoms with Gasteiger partial charge in [-0.3, -0.25) is 9.69 Å². The predicted molar refractivity (Wildman–Crippen MR) is 83.2 cm³/mol. The van der Waals surface area contributed by atoms with Crippen molar-refractivity contribution in [3.8, 4) is 5.75 Å². The van der Waals surface area contributed by atoms with E-state index in [1.807, 2.05) is 31.2 Å². The number of nitrogens with one attached hydrogen (secondary N) is 1. The molecule has 1 aromatic rings. The number of amides is 1. The second-order valence-corrected chi connectivity index (χ2v) is 5.59. The molecule has 1 aromatic carbocycles. The van der Waals surface area contributed by atoms with E-state index in [2.05, 4.69) is 10.2 Å². The van der Waals surface area contributed by atoms with Crippen molar-refractivity contribution in [2.45, 2.75) is 37.9 Å². The number of hydrogen-bond donors (Lipinski definition) is 2. The van der Waals surface area contributed by atoms with Crippen molar-refractivity contribution in [1.82, 2.24) is 10.2 Å². The highest BCUT2D eigenvalue weighted by atomic mass is 16.5. The van der Waals surface area contributed by atoms with Crippen LogP contribution >= 0.6 is 0 Å². The summed E-state index contributed by atoms with van der Waals surface area (Å²) in [6, 6.07) is 7.85. The molecule has 0 radical (unpaired) electrons. The Morgan fingerprint density at radius 1 is 1.43 bits per heavy atom. The van der Waals surface area contributed by atoms with E-state index in [1.54, 1.807) is 14.2 Å². The number of carbonyl (C=O) groups excluding carboxylic acids is 1. The van der Waals surface area contributed by atoms with Crippen molar-refractivity contribution in [1.29, 1.82) is 0 Å². The SMILES string of the molecule is CNC(=O)C1CCCN1C(c1ccc(OC)cc1)C(C)N. The summed E-state index contributed by atoms with van der Waals surface area (Å²) in [6.07, 6.45) is 1.91. The van der Waals surface area contributed by atoms with E-state index in [0.717, 1.165) is 30.7 Å². The maximum absolute atomic E-state index is 12.1. The molecule has 1 aliphatic heterocycles. The van der Waals surface area contributed by atoms with Gasteiger partial charge in [0, 0.05) is 13.1 Å². The number of rotatable bonds is 5. The zero-order chi connectivity index (χ0) is 15.4. The first-order valence-corrected chi connectivity index (χ1v) is 7.45. The molecule has 0 aromatic heterocycles. The third kappa shape index (κ3) is 3.36. The summed E-state index contributed by atoms with van der Waals surface area (Å²) in [4.78, 5) is 14.3. The van der Waals surface area contributed by atoms with Crippen LogP contribution in [-0.2, 0) is 4.79 Å². The van der Waals surface area contributed by atoms with E-state index in [9.17, 15) is 4.79 Å². The maximum Gasteiger partial charge on any atom is 0.237 e. The van der Waals surface area contributed by atoms with E-state index in [0.29, 0.717) is 0 Å². The Kier molecular flexibility index (Phi) is 5.20. The highest BCUT2D eigenvalue weighted by Crippen LogP contribution is 2.32. The summed E-state index contributed by atoms with van der Waals surface area (Å²) in [5.41, 5.74) is 7.34. The highest BCUT2D eigenvalue weighted by Gasteiger charge is 2.37. The van der Waals surface area contributed by atoms with Gasteiger partial charge >= 0.3 is 0 Å². The fourth-order valence-electron chi connectivity index (χ4n) is 3.17. The van der Waals surface area contributed by atoms with E-state index in [4.69, 9.17) is 10.5 Å². The van der Waals surface area contributed by atoms with Crippen molar-refractivity contribution < 1.29 is 9.53 Å². The zero-order valence-corrected chi connectivity index (χ0v) is 13.0. The third-order valence-electron chi connectivity index (χ3n) is 4.16. The lowest BCUT2D eigenvalue weighted by atomic mass is 9.98. The number of nitrogens with zero attached hydrogens (tertiary/aromatic N) is 1. The Hall–Kier alpha value is -1.59. The summed E-state index contributed by atoms with van der Waals surface area (Å²) in [5.74, 6) is 0.901. The fourth-order valence-corrected chi connectivity index (χ4v) is 3.17. The average molecular weight is 291 g/mol. The van der Waals surface area contributed by atoms with Gasteiger partial charge in [0.2, 0.25) is 5.91 Å². The molecule has 0 bridgehead atoms. The van der Waals surface area contributed by atoms with Gasteiger partial charge in [-0.15, -0.1) is 0 Å². The minimum absolute atomic E-state index is 0.0423. The molecule has 0 saturated carbocycles. The minimum Gasteiger partial charge on any atom is -0.497 e. The Morgan fingerprint density at radius 2 is 2.10 bits per heavy atom. The van der Waals surface area contributed by atoms with Gasteiger partial charge in [0.05, 0.1) is 19.2 Å². The lowest BCUT2D eigenvalue weighted by molar-refractivity contribution is -0.125. The molecule has 1 amide bonds. The van der Waals surface area contributed by atoms with Crippen LogP contribution < -0.4 is 15.8 Å². The molecule has 1 aliphatic rings. The molecule has 2 rings (SSSR count). The van der Waals surface area contributed by atoms with Gasteiger partial charge in [0.15, 0.2) is 0 Å². The van der Waals surface area contributed by atoms with Crippen molar-refractivity contribution >= 4 is 5.91 Å². The Balaban J connectivity index is 2.27. The second-order valence-electron chi connectivity index (χ2n) is 5.59. The first-order chi connectivity index (χ1) is 10.1. The fraction of sp³-hybridized carbons (Fsp3) is 0.562. The normalized spacial score (nSPS) is 21.8. The number of benzene rings is 1. The van der Waals surface area contributed by atoms with E-state index in [-0.39, 0.29) is 24.0 Å². The second kappa shape index (κ2) is 6.91. The van der Waals surface area contributed by atoms with Crippen LogP contribution in [0, 0.1) is 0 Å². The Morgan fingerprint density at radius 3 is 2.62 bits per heavy atom. The lowest BCUT2D eigenvalue weighted by Crippen LogP contribution is -2.48. The molecular weight excluding hydrogens is 266 g/mol. The van der Waals surface area contributed by atoms with E-state index >= 15 is 0 Å². The third-order valence-corrected chi connectivity index (χ3v) is 4.16. The van der Waals surface area contributed by atoms with Crippen molar-refractivity contribution in [2.24, 2.45) is 5.73 Å². The van der Waals surface area contributed by atoms with Crippen LogP contribution in [-0.4, -0.2) is 43.6 Å². The number of methoxy groups -OCH3 is 1. The molecule has 0 spiro atoms. The number of likely N-dealkylation sites (N-methyl/N-ethyl adjacent to an activating group) is 1. The summed E-state index contributed by atoms with van der Waals surface area (Å²) < 4.78 is 5.20. The van der Waals surface area contributed by atoms with Crippen LogP contribution in [0.5, 0.6) is 5.75 Å². The van der Waals surface area contributed by atoms with Crippen LogP contribution in [0.15, 0.2) is 24.3 Å². The highest BCUT2D eigenvalue weighted by molar-refractivity contribution is 5.81. The van der Waals surface area contributed by atoms with Crippen LogP contribution in [0.25, 0.3) is 0 Å².